The number of carbonyl (C=O) groups excluding carboxylic acids is 1. The summed E-state index contributed by atoms with van der Waals surface area (Å²) in [6, 6.07) is -1.20. The highest BCUT2D eigenvalue weighted by molar-refractivity contribution is 5.82. The third-order valence-electron chi connectivity index (χ3n) is 3.01. The van der Waals surface area contributed by atoms with Crippen LogP contribution in [0.25, 0.3) is 0 Å². The summed E-state index contributed by atoms with van der Waals surface area (Å²) in [6.07, 6.45) is 2.03. The molecule has 0 aliphatic heterocycles. The van der Waals surface area contributed by atoms with E-state index in [0.717, 1.165) is 32.5 Å². The van der Waals surface area contributed by atoms with Crippen molar-refractivity contribution < 1.29 is 14.7 Å². The third-order valence-corrected chi connectivity index (χ3v) is 3.01. The SMILES string of the molecule is CCC[C@@H](NC(=O)NCCCN(CC)CC)C(=O)O. The Balaban J connectivity index is 3.82. The third kappa shape index (κ3) is 8.42. The average molecular weight is 273 g/mol. The van der Waals surface area contributed by atoms with E-state index in [1.807, 2.05) is 6.92 Å². The van der Waals surface area contributed by atoms with E-state index in [0.29, 0.717) is 13.0 Å². The van der Waals surface area contributed by atoms with Gasteiger partial charge in [-0.3, -0.25) is 0 Å². The molecule has 0 saturated carbocycles. The van der Waals surface area contributed by atoms with E-state index in [1.165, 1.54) is 0 Å². The van der Waals surface area contributed by atoms with Crippen LogP contribution in [0.3, 0.4) is 0 Å². The first-order chi connectivity index (χ1) is 9.04. The van der Waals surface area contributed by atoms with Crippen LogP contribution >= 0.6 is 0 Å². The molecular formula is C13H27N3O3. The van der Waals surface area contributed by atoms with Gasteiger partial charge in [-0.2, -0.15) is 0 Å². The Morgan fingerprint density at radius 1 is 1.21 bits per heavy atom. The molecular weight excluding hydrogens is 246 g/mol. The van der Waals surface area contributed by atoms with Gasteiger partial charge in [0.25, 0.3) is 0 Å². The molecule has 0 aliphatic carbocycles. The standard InChI is InChI=1S/C13H27N3O3/c1-4-8-11(12(17)18)15-13(19)14-9-7-10-16(5-2)6-3/h11H,4-10H2,1-3H3,(H,17,18)(H2,14,15,19)/t11-/m1/s1. The van der Waals surface area contributed by atoms with Gasteiger partial charge in [-0.1, -0.05) is 27.2 Å². The van der Waals surface area contributed by atoms with Gasteiger partial charge >= 0.3 is 12.0 Å². The van der Waals surface area contributed by atoms with Crippen molar-refractivity contribution in [1.82, 2.24) is 15.5 Å². The Morgan fingerprint density at radius 2 is 1.84 bits per heavy atom. The number of hydrogen-bond acceptors (Lipinski definition) is 3. The molecule has 0 aliphatic rings. The van der Waals surface area contributed by atoms with E-state index in [-0.39, 0.29) is 0 Å². The van der Waals surface area contributed by atoms with Crippen molar-refractivity contribution in [1.29, 1.82) is 0 Å². The highest BCUT2D eigenvalue weighted by Crippen LogP contribution is 1.96. The lowest BCUT2D eigenvalue weighted by Gasteiger charge is -2.18. The minimum Gasteiger partial charge on any atom is -0.480 e. The second-order valence-corrected chi connectivity index (χ2v) is 4.46. The predicted molar refractivity (Wildman–Crippen MR) is 75.3 cm³/mol. The van der Waals surface area contributed by atoms with Crippen LogP contribution in [0.15, 0.2) is 0 Å². The fraction of sp³-hybridized carbons (Fsp3) is 0.846. The predicted octanol–water partition coefficient (Wildman–Crippen LogP) is 1.27. The lowest BCUT2D eigenvalue weighted by molar-refractivity contribution is -0.139. The van der Waals surface area contributed by atoms with E-state index < -0.39 is 18.0 Å². The topological polar surface area (TPSA) is 81.7 Å². The molecule has 112 valence electrons. The second-order valence-electron chi connectivity index (χ2n) is 4.46. The molecule has 0 aromatic heterocycles. The van der Waals surface area contributed by atoms with Crippen LogP contribution in [0.1, 0.15) is 40.0 Å². The second kappa shape index (κ2) is 10.6. The average Bonchev–Trinajstić information content (AvgIpc) is 2.38. The molecule has 0 spiro atoms. The molecule has 0 rings (SSSR count). The van der Waals surface area contributed by atoms with Crippen LogP contribution < -0.4 is 10.6 Å². The number of urea groups is 1. The van der Waals surface area contributed by atoms with Gasteiger partial charge < -0.3 is 20.6 Å². The van der Waals surface area contributed by atoms with Crippen molar-refractivity contribution in [3.63, 3.8) is 0 Å². The molecule has 6 heteroatoms. The Hall–Kier alpha value is -1.30. The molecule has 0 heterocycles. The molecule has 19 heavy (non-hydrogen) atoms. The van der Waals surface area contributed by atoms with E-state index in [9.17, 15) is 9.59 Å². The summed E-state index contributed by atoms with van der Waals surface area (Å²) in [5.74, 6) is -0.986. The van der Waals surface area contributed by atoms with Gasteiger partial charge in [-0.25, -0.2) is 9.59 Å². The number of hydrogen-bond donors (Lipinski definition) is 3. The fourth-order valence-corrected chi connectivity index (χ4v) is 1.80. The molecule has 0 aromatic carbocycles. The van der Waals surface area contributed by atoms with Crippen LogP contribution in [0, 0.1) is 0 Å². The van der Waals surface area contributed by atoms with Gasteiger partial charge in [0.2, 0.25) is 0 Å². The van der Waals surface area contributed by atoms with Crippen molar-refractivity contribution in [2.45, 2.75) is 46.1 Å². The number of nitrogens with one attached hydrogen (secondary N) is 2. The summed E-state index contributed by atoms with van der Waals surface area (Å²) in [5.41, 5.74) is 0. The Kier molecular flexibility index (Phi) is 9.88. The first kappa shape index (κ1) is 17.7. The molecule has 2 amide bonds. The monoisotopic (exact) mass is 273 g/mol. The van der Waals surface area contributed by atoms with Crippen LogP contribution in [-0.2, 0) is 4.79 Å². The van der Waals surface area contributed by atoms with Gasteiger partial charge in [-0.05, 0) is 32.5 Å². The number of carbonyl (C=O) groups is 2. The van der Waals surface area contributed by atoms with Gasteiger partial charge in [0.1, 0.15) is 6.04 Å². The number of amides is 2. The number of aliphatic carboxylic acids is 1. The zero-order chi connectivity index (χ0) is 14.7. The quantitative estimate of drug-likeness (QED) is 0.524. The summed E-state index contributed by atoms with van der Waals surface area (Å²) >= 11 is 0. The summed E-state index contributed by atoms with van der Waals surface area (Å²) in [6.45, 7) is 9.59. The van der Waals surface area contributed by atoms with Crippen molar-refractivity contribution >= 4 is 12.0 Å². The summed E-state index contributed by atoms with van der Waals surface area (Å²) < 4.78 is 0. The molecule has 1 atom stereocenters. The number of rotatable bonds is 10. The lowest BCUT2D eigenvalue weighted by atomic mass is 10.2. The van der Waals surface area contributed by atoms with Crippen LogP contribution in [0.2, 0.25) is 0 Å². The summed E-state index contributed by atoms with van der Waals surface area (Å²) in [4.78, 5) is 24.7. The smallest absolute Gasteiger partial charge is 0.326 e. The molecule has 3 N–H and O–H groups in total. The summed E-state index contributed by atoms with van der Waals surface area (Å²) in [7, 11) is 0. The van der Waals surface area contributed by atoms with Crippen molar-refractivity contribution in [3.8, 4) is 0 Å². The van der Waals surface area contributed by atoms with Gasteiger partial charge in [0.15, 0.2) is 0 Å². The minimum absolute atomic E-state index is 0.402. The Labute approximate surface area is 115 Å². The number of carboxylic acid groups (broad SMARTS) is 1. The van der Waals surface area contributed by atoms with E-state index in [2.05, 4.69) is 29.4 Å². The molecule has 0 unspecified atom stereocenters. The molecule has 0 fully saturated rings. The molecule has 0 bridgehead atoms. The molecule has 6 nitrogen and oxygen atoms in total. The number of nitrogens with zero attached hydrogens (tertiary/aromatic N) is 1. The normalized spacial score (nSPS) is 12.2. The lowest BCUT2D eigenvalue weighted by Crippen LogP contribution is -2.46. The summed E-state index contributed by atoms with van der Waals surface area (Å²) in [5, 5.41) is 14.1. The van der Waals surface area contributed by atoms with E-state index in [1.54, 1.807) is 0 Å². The van der Waals surface area contributed by atoms with Crippen LogP contribution in [-0.4, -0.2) is 54.2 Å². The molecule has 0 radical (unpaired) electrons. The largest absolute Gasteiger partial charge is 0.480 e. The molecule has 0 aromatic rings. The van der Waals surface area contributed by atoms with Gasteiger partial charge in [0, 0.05) is 6.54 Å². The van der Waals surface area contributed by atoms with Crippen molar-refractivity contribution in [2.75, 3.05) is 26.2 Å². The van der Waals surface area contributed by atoms with E-state index >= 15 is 0 Å². The van der Waals surface area contributed by atoms with Crippen molar-refractivity contribution in [3.05, 3.63) is 0 Å². The Bertz CT molecular complexity index is 268. The highest BCUT2D eigenvalue weighted by atomic mass is 16.4. The number of carboxylic acids is 1. The van der Waals surface area contributed by atoms with Gasteiger partial charge in [0.05, 0.1) is 0 Å². The molecule has 0 saturated heterocycles. The maximum Gasteiger partial charge on any atom is 0.326 e. The van der Waals surface area contributed by atoms with Crippen molar-refractivity contribution in [2.24, 2.45) is 0 Å². The van der Waals surface area contributed by atoms with Crippen LogP contribution in [0.4, 0.5) is 4.79 Å². The van der Waals surface area contributed by atoms with E-state index in [4.69, 9.17) is 5.11 Å². The zero-order valence-corrected chi connectivity index (χ0v) is 12.2. The van der Waals surface area contributed by atoms with Crippen LogP contribution in [0.5, 0.6) is 0 Å². The minimum atomic E-state index is -0.986. The van der Waals surface area contributed by atoms with Gasteiger partial charge in [-0.15, -0.1) is 0 Å². The first-order valence-electron chi connectivity index (χ1n) is 7.04. The maximum absolute atomic E-state index is 11.5. The zero-order valence-electron chi connectivity index (χ0n) is 12.2. The Morgan fingerprint density at radius 3 is 2.32 bits per heavy atom. The maximum atomic E-state index is 11.5. The highest BCUT2D eigenvalue weighted by Gasteiger charge is 2.18. The fourth-order valence-electron chi connectivity index (χ4n) is 1.80. The first-order valence-corrected chi connectivity index (χ1v) is 7.04.